The molecule has 0 atom stereocenters. The zero-order valence-corrected chi connectivity index (χ0v) is 12.2. The van der Waals surface area contributed by atoms with Crippen LogP contribution in [0.4, 0.5) is 5.82 Å². The number of rotatable bonds is 6. The van der Waals surface area contributed by atoms with Gasteiger partial charge in [0.1, 0.15) is 11.0 Å². The first-order chi connectivity index (χ1) is 8.93. The molecule has 0 bridgehead atoms. The maximum atomic E-state index is 11.9. The fourth-order valence-corrected chi connectivity index (χ4v) is 1.62. The first-order valence-corrected chi connectivity index (χ1v) is 6.44. The molecule has 0 spiro atoms. The van der Waals surface area contributed by atoms with Crippen LogP contribution in [0.25, 0.3) is 0 Å². The first kappa shape index (κ1) is 15.7. The highest BCUT2D eigenvalue weighted by atomic mass is 35.5. The Labute approximate surface area is 118 Å². The Kier molecular flexibility index (Phi) is 6.01. The van der Waals surface area contributed by atoms with E-state index in [-0.39, 0.29) is 11.1 Å². The third kappa shape index (κ3) is 5.02. The molecule has 0 unspecified atom stereocenters. The molecule has 0 saturated carbocycles. The molecule has 7 heteroatoms. The summed E-state index contributed by atoms with van der Waals surface area (Å²) in [6, 6.07) is 3.50. The number of nitrogens with one attached hydrogen (secondary N) is 2. The number of aromatic nitrogens is 1. The number of hydrogen-bond acceptors (Lipinski definition) is 5. The van der Waals surface area contributed by atoms with Gasteiger partial charge in [0.25, 0.3) is 5.91 Å². The van der Waals surface area contributed by atoms with E-state index in [0.717, 1.165) is 6.54 Å². The molecular formula is C12H20ClN5O. The van der Waals surface area contributed by atoms with Gasteiger partial charge in [0.2, 0.25) is 0 Å². The Morgan fingerprint density at radius 1 is 1.53 bits per heavy atom. The Hall–Kier alpha value is -1.37. The Balaban J connectivity index is 2.56. The van der Waals surface area contributed by atoms with Gasteiger partial charge in [-0.25, -0.2) is 10.8 Å². The van der Waals surface area contributed by atoms with Crippen molar-refractivity contribution in [3.05, 3.63) is 22.8 Å². The molecule has 0 aliphatic carbocycles. The van der Waals surface area contributed by atoms with Crippen LogP contribution in [0.15, 0.2) is 12.1 Å². The van der Waals surface area contributed by atoms with E-state index in [4.69, 9.17) is 17.4 Å². The molecule has 0 aromatic carbocycles. The topological polar surface area (TPSA) is 83.3 Å². The molecule has 0 radical (unpaired) electrons. The van der Waals surface area contributed by atoms with Gasteiger partial charge in [-0.05, 0) is 33.0 Å². The third-order valence-corrected chi connectivity index (χ3v) is 3.03. The summed E-state index contributed by atoms with van der Waals surface area (Å²) in [4.78, 5) is 18.0. The molecule has 19 heavy (non-hydrogen) atoms. The van der Waals surface area contributed by atoms with Crippen molar-refractivity contribution < 1.29 is 4.79 Å². The zero-order valence-electron chi connectivity index (χ0n) is 11.4. The smallest absolute Gasteiger partial charge is 0.251 e. The van der Waals surface area contributed by atoms with Crippen LogP contribution in [0.1, 0.15) is 24.2 Å². The maximum Gasteiger partial charge on any atom is 0.251 e. The van der Waals surface area contributed by atoms with E-state index in [1.165, 1.54) is 6.07 Å². The number of anilines is 1. The second-order valence-corrected chi connectivity index (χ2v) is 4.93. The lowest BCUT2D eigenvalue weighted by Gasteiger charge is -2.20. The van der Waals surface area contributed by atoms with Crippen molar-refractivity contribution in [3.63, 3.8) is 0 Å². The second-order valence-electron chi connectivity index (χ2n) is 4.54. The average molecular weight is 286 g/mol. The highest BCUT2D eigenvalue weighted by molar-refractivity contribution is 6.29. The predicted octanol–water partition coefficient (Wildman–Crippen LogP) is 1.09. The second kappa shape index (κ2) is 7.28. The number of likely N-dealkylation sites (N-methyl/N-ethyl adjacent to an activating group) is 1. The van der Waals surface area contributed by atoms with Crippen molar-refractivity contribution in [1.82, 2.24) is 15.2 Å². The summed E-state index contributed by atoms with van der Waals surface area (Å²) in [5.41, 5.74) is 2.80. The summed E-state index contributed by atoms with van der Waals surface area (Å²) < 4.78 is 0. The number of nitrogens with zero attached hydrogens (tertiary/aromatic N) is 2. The number of amides is 1. The van der Waals surface area contributed by atoms with E-state index in [0.29, 0.717) is 24.0 Å². The van der Waals surface area contributed by atoms with Crippen molar-refractivity contribution in [2.45, 2.75) is 19.9 Å². The van der Waals surface area contributed by atoms with Crippen LogP contribution in [-0.4, -0.2) is 42.0 Å². The van der Waals surface area contributed by atoms with Gasteiger partial charge in [-0.1, -0.05) is 11.6 Å². The quantitative estimate of drug-likeness (QED) is 0.414. The van der Waals surface area contributed by atoms with Gasteiger partial charge in [-0.15, -0.1) is 0 Å². The fourth-order valence-electron chi connectivity index (χ4n) is 1.41. The molecule has 0 aliphatic rings. The molecule has 4 N–H and O–H groups in total. The number of carbonyl (C=O) groups excluding carboxylic acids is 1. The molecule has 106 valence electrons. The molecule has 1 aromatic heterocycles. The van der Waals surface area contributed by atoms with Crippen LogP contribution >= 0.6 is 11.6 Å². The summed E-state index contributed by atoms with van der Waals surface area (Å²) in [6.07, 6.45) is 0. The maximum absolute atomic E-state index is 11.9. The fraction of sp³-hybridized carbons (Fsp3) is 0.500. The average Bonchev–Trinajstić information content (AvgIpc) is 2.37. The van der Waals surface area contributed by atoms with Gasteiger partial charge in [0.15, 0.2) is 0 Å². The number of nitrogen functional groups attached to an aromatic ring is 1. The van der Waals surface area contributed by atoms with Gasteiger partial charge >= 0.3 is 0 Å². The van der Waals surface area contributed by atoms with Gasteiger partial charge in [0, 0.05) is 24.7 Å². The standard InChI is InChI=1S/C12H20ClN5O/c1-8(2)18(3)5-4-15-12(19)9-6-10(13)16-11(7-9)17-14/h6-8H,4-5,14H2,1-3H3,(H,15,19)(H,16,17). The van der Waals surface area contributed by atoms with E-state index >= 15 is 0 Å². The Bertz CT molecular complexity index is 438. The first-order valence-electron chi connectivity index (χ1n) is 6.06. The van der Waals surface area contributed by atoms with Crippen LogP contribution in [0.2, 0.25) is 5.15 Å². The Morgan fingerprint density at radius 2 is 2.21 bits per heavy atom. The van der Waals surface area contributed by atoms with Crippen LogP contribution in [0.5, 0.6) is 0 Å². The molecule has 0 aliphatic heterocycles. The van der Waals surface area contributed by atoms with E-state index in [1.54, 1.807) is 6.07 Å². The minimum Gasteiger partial charge on any atom is -0.351 e. The van der Waals surface area contributed by atoms with Crippen LogP contribution in [0.3, 0.4) is 0 Å². The van der Waals surface area contributed by atoms with Gasteiger partial charge in [-0.3, -0.25) is 4.79 Å². The van der Waals surface area contributed by atoms with E-state index in [2.05, 4.69) is 34.5 Å². The minimum atomic E-state index is -0.196. The number of nitrogens with two attached hydrogens (primary N) is 1. The summed E-state index contributed by atoms with van der Waals surface area (Å²) >= 11 is 5.80. The van der Waals surface area contributed by atoms with E-state index < -0.39 is 0 Å². The molecule has 0 saturated heterocycles. The summed E-state index contributed by atoms with van der Waals surface area (Å²) in [5.74, 6) is 5.41. The van der Waals surface area contributed by atoms with Gasteiger partial charge in [-0.2, -0.15) is 0 Å². The number of carbonyl (C=O) groups is 1. The highest BCUT2D eigenvalue weighted by Crippen LogP contribution is 2.13. The number of hydrazine groups is 1. The minimum absolute atomic E-state index is 0.196. The Morgan fingerprint density at radius 3 is 2.79 bits per heavy atom. The molecule has 1 heterocycles. The third-order valence-electron chi connectivity index (χ3n) is 2.84. The molecule has 0 fully saturated rings. The van der Waals surface area contributed by atoms with E-state index in [9.17, 15) is 4.79 Å². The van der Waals surface area contributed by atoms with Crippen LogP contribution < -0.4 is 16.6 Å². The molecule has 1 rings (SSSR count). The molecule has 1 amide bonds. The van der Waals surface area contributed by atoms with Crippen molar-refractivity contribution in [1.29, 1.82) is 0 Å². The lowest BCUT2D eigenvalue weighted by atomic mass is 10.2. The van der Waals surface area contributed by atoms with Gasteiger partial charge in [0.05, 0.1) is 0 Å². The predicted molar refractivity (Wildman–Crippen MR) is 77.2 cm³/mol. The van der Waals surface area contributed by atoms with Crippen LogP contribution in [-0.2, 0) is 0 Å². The van der Waals surface area contributed by atoms with Crippen molar-refractivity contribution >= 4 is 23.3 Å². The van der Waals surface area contributed by atoms with Crippen molar-refractivity contribution in [3.8, 4) is 0 Å². The lowest BCUT2D eigenvalue weighted by Crippen LogP contribution is -2.36. The monoisotopic (exact) mass is 285 g/mol. The summed E-state index contributed by atoms with van der Waals surface area (Å²) in [6.45, 7) is 5.55. The normalized spacial score (nSPS) is 10.9. The lowest BCUT2D eigenvalue weighted by molar-refractivity contribution is 0.0948. The SMILES string of the molecule is CC(C)N(C)CCNC(=O)c1cc(Cl)nc(NN)c1. The highest BCUT2D eigenvalue weighted by Gasteiger charge is 2.09. The van der Waals surface area contributed by atoms with E-state index in [1.807, 2.05) is 7.05 Å². The number of pyridine rings is 1. The largest absolute Gasteiger partial charge is 0.351 e. The molecule has 6 nitrogen and oxygen atoms in total. The number of halogens is 1. The van der Waals surface area contributed by atoms with Crippen molar-refractivity contribution in [2.24, 2.45) is 5.84 Å². The van der Waals surface area contributed by atoms with Gasteiger partial charge < -0.3 is 15.6 Å². The van der Waals surface area contributed by atoms with Crippen LogP contribution in [0, 0.1) is 0 Å². The summed E-state index contributed by atoms with van der Waals surface area (Å²) in [5, 5.41) is 3.05. The molecule has 1 aromatic rings. The van der Waals surface area contributed by atoms with Crippen molar-refractivity contribution in [2.75, 3.05) is 25.6 Å². The molecular weight excluding hydrogens is 266 g/mol. The summed E-state index contributed by atoms with van der Waals surface area (Å²) in [7, 11) is 2.01. The zero-order chi connectivity index (χ0) is 14.4. The number of hydrogen-bond donors (Lipinski definition) is 3.